The van der Waals surface area contributed by atoms with Gasteiger partial charge in [-0.2, -0.15) is 0 Å². The molecule has 4 nitrogen and oxygen atoms in total. The highest BCUT2D eigenvalue weighted by Gasteiger charge is 2.68. The van der Waals surface area contributed by atoms with E-state index in [1.54, 1.807) is 11.1 Å². The molecule has 6 aliphatic carbocycles. The van der Waals surface area contributed by atoms with Crippen LogP contribution in [0.3, 0.4) is 0 Å². The van der Waals surface area contributed by atoms with Crippen molar-refractivity contribution in [3.8, 4) is 0 Å². The first-order valence-corrected chi connectivity index (χ1v) is 21.4. The van der Waals surface area contributed by atoms with Crippen molar-refractivity contribution in [2.45, 2.75) is 135 Å². The molecule has 7 aliphatic rings. The molecule has 5 fully saturated rings. The Labute approximate surface area is 281 Å². The van der Waals surface area contributed by atoms with Crippen LogP contribution in [0.4, 0.5) is 4.39 Å². The molecule has 0 aromatic carbocycles. The van der Waals surface area contributed by atoms with Crippen LogP contribution in [0.1, 0.15) is 124 Å². The Morgan fingerprint density at radius 1 is 0.891 bits per heavy atom. The minimum Gasteiger partial charge on any atom is -0.310 e. The van der Waals surface area contributed by atoms with E-state index in [2.05, 4.69) is 50.1 Å². The van der Waals surface area contributed by atoms with Crippen LogP contribution in [0.5, 0.6) is 0 Å². The van der Waals surface area contributed by atoms with Crippen molar-refractivity contribution < 1.29 is 12.8 Å². The van der Waals surface area contributed by atoms with Gasteiger partial charge < -0.3 is 10.2 Å². The minimum atomic E-state index is -2.91. The summed E-state index contributed by atoms with van der Waals surface area (Å²) < 4.78 is 37.4. The zero-order chi connectivity index (χ0) is 32.5. The summed E-state index contributed by atoms with van der Waals surface area (Å²) in [7, 11) is -2.91. The number of nitrogens with one attached hydrogen (secondary N) is 1. The summed E-state index contributed by atoms with van der Waals surface area (Å²) in [6.45, 7) is 14.5. The number of hydrogen-bond acceptors (Lipinski definition) is 4. The van der Waals surface area contributed by atoms with Gasteiger partial charge in [-0.25, -0.2) is 8.42 Å². The monoisotopic (exact) mass is 656 g/mol. The lowest BCUT2D eigenvalue weighted by Gasteiger charge is -2.71. The van der Waals surface area contributed by atoms with Crippen LogP contribution in [0.2, 0.25) is 0 Å². The lowest BCUT2D eigenvalue weighted by Crippen LogP contribution is -2.67. The molecule has 0 amide bonds. The molecule has 6 heteroatoms. The number of piperidine rings is 1. The van der Waals surface area contributed by atoms with Crippen LogP contribution in [0, 0.1) is 51.8 Å². The number of allylic oxidation sites excluding steroid dienone is 4. The van der Waals surface area contributed by atoms with E-state index in [0.717, 1.165) is 82.0 Å². The van der Waals surface area contributed by atoms with Crippen LogP contribution in [-0.2, 0) is 9.84 Å². The third kappa shape index (κ3) is 5.35. The third-order valence-electron chi connectivity index (χ3n) is 16.7. The summed E-state index contributed by atoms with van der Waals surface area (Å²) in [5.74, 6) is 4.06. The number of sulfone groups is 1. The second-order valence-electron chi connectivity index (χ2n) is 18.4. The Bertz CT molecular complexity index is 1320. The molecular formula is C40H65FN2O2S. The number of fused-ring (bicyclic) bond motifs is 7. The highest BCUT2D eigenvalue weighted by molar-refractivity contribution is 7.91. The average molecular weight is 657 g/mol. The smallest absolute Gasteiger partial charge is 0.150 e. The molecule has 4 saturated carbocycles. The Morgan fingerprint density at radius 3 is 2.37 bits per heavy atom. The molecule has 46 heavy (non-hydrogen) atoms. The number of alkyl halides is 1. The molecule has 1 aliphatic heterocycles. The summed E-state index contributed by atoms with van der Waals surface area (Å²) in [4.78, 5) is 2.50. The lowest BCUT2D eigenvalue weighted by molar-refractivity contribution is -0.212. The van der Waals surface area contributed by atoms with Gasteiger partial charge in [0.1, 0.15) is 9.84 Å². The summed E-state index contributed by atoms with van der Waals surface area (Å²) in [6, 6.07) is 0. The molecule has 0 aromatic heterocycles. The molecule has 1 heterocycles. The zero-order valence-corrected chi connectivity index (χ0v) is 30.7. The number of halogens is 1. The van der Waals surface area contributed by atoms with Crippen LogP contribution in [0.25, 0.3) is 0 Å². The first-order valence-electron chi connectivity index (χ1n) is 19.5. The van der Waals surface area contributed by atoms with E-state index in [1.165, 1.54) is 70.5 Å². The second kappa shape index (κ2) is 12.3. The molecule has 260 valence electrons. The highest BCUT2D eigenvalue weighted by atomic mass is 32.2. The van der Waals surface area contributed by atoms with Gasteiger partial charge in [0.25, 0.3) is 0 Å². The van der Waals surface area contributed by atoms with Crippen molar-refractivity contribution in [3.05, 3.63) is 23.3 Å². The van der Waals surface area contributed by atoms with Gasteiger partial charge in [-0.15, -0.1) is 0 Å². The van der Waals surface area contributed by atoms with E-state index >= 15 is 0 Å². The molecule has 8 unspecified atom stereocenters. The topological polar surface area (TPSA) is 49.4 Å². The van der Waals surface area contributed by atoms with Gasteiger partial charge in [0.15, 0.2) is 0 Å². The molecule has 0 bridgehead atoms. The number of hydrogen-bond donors (Lipinski definition) is 1. The molecule has 1 N–H and O–H groups in total. The van der Waals surface area contributed by atoms with E-state index in [-0.39, 0.29) is 17.8 Å². The number of likely N-dealkylation sites (tertiary alicyclic amines) is 1. The molecule has 1 saturated heterocycles. The average Bonchev–Trinajstić information content (AvgIpc) is 3.45. The first-order chi connectivity index (χ1) is 21.8. The predicted octanol–water partition coefficient (Wildman–Crippen LogP) is 8.54. The molecular weight excluding hydrogens is 592 g/mol. The van der Waals surface area contributed by atoms with Gasteiger partial charge in [0.05, 0.1) is 11.9 Å². The minimum absolute atomic E-state index is 0.139. The van der Waals surface area contributed by atoms with E-state index in [9.17, 15) is 12.8 Å². The normalized spacial score (nSPS) is 46.8. The van der Waals surface area contributed by atoms with E-state index < -0.39 is 9.84 Å². The van der Waals surface area contributed by atoms with Gasteiger partial charge >= 0.3 is 0 Å². The van der Waals surface area contributed by atoms with Crippen LogP contribution < -0.4 is 5.32 Å². The third-order valence-corrected chi connectivity index (χ3v) is 18.4. The van der Waals surface area contributed by atoms with E-state index in [1.807, 2.05) is 0 Å². The number of nitrogens with zero attached hydrogens (tertiary/aromatic N) is 1. The number of rotatable bonds is 7. The Kier molecular flexibility index (Phi) is 8.99. The summed E-state index contributed by atoms with van der Waals surface area (Å²) in [5, 5.41) is 4.09. The van der Waals surface area contributed by atoms with Crippen molar-refractivity contribution in [1.82, 2.24) is 10.2 Å². The van der Waals surface area contributed by atoms with Gasteiger partial charge in [0, 0.05) is 24.9 Å². The van der Waals surface area contributed by atoms with Gasteiger partial charge in [-0.05, 0) is 166 Å². The first kappa shape index (κ1) is 33.8. The molecule has 0 spiro atoms. The van der Waals surface area contributed by atoms with Crippen molar-refractivity contribution in [2.75, 3.05) is 39.1 Å². The van der Waals surface area contributed by atoms with Gasteiger partial charge in [0.2, 0.25) is 0 Å². The SMILES string of the molecule is CC1C(C2=CCC(CF)CC2)=CCC2(C)C1CCC1(C)C2CCC2[C@H]3CCCC3(NCCN3CCC(S(C)(=O)=O)CC3)CC[C@]21C. The van der Waals surface area contributed by atoms with E-state index in [4.69, 9.17) is 0 Å². The molecule has 0 aromatic rings. The summed E-state index contributed by atoms with van der Waals surface area (Å²) in [6.07, 6.45) is 24.7. The predicted molar refractivity (Wildman–Crippen MR) is 188 cm³/mol. The van der Waals surface area contributed by atoms with Crippen molar-refractivity contribution >= 4 is 9.84 Å². The van der Waals surface area contributed by atoms with Crippen molar-refractivity contribution in [1.29, 1.82) is 0 Å². The maximum Gasteiger partial charge on any atom is 0.150 e. The zero-order valence-electron chi connectivity index (χ0n) is 29.9. The largest absolute Gasteiger partial charge is 0.310 e. The van der Waals surface area contributed by atoms with Crippen LogP contribution >= 0.6 is 0 Å². The lowest BCUT2D eigenvalue weighted by atomic mass is 9.34. The maximum atomic E-state index is 13.3. The molecule has 0 radical (unpaired) electrons. The Balaban J connectivity index is 1.04. The maximum absolute atomic E-state index is 13.3. The van der Waals surface area contributed by atoms with E-state index in [0.29, 0.717) is 27.7 Å². The van der Waals surface area contributed by atoms with Crippen molar-refractivity contribution in [3.63, 3.8) is 0 Å². The second-order valence-corrected chi connectivity index (χ2v) is 20.7. The highest BCUT2D eigenvalue weighted by Crippen LogP contribution is 2.75. The standard InChI is InChI=1S/C40H65FN2O2S/c1-28-32(30-10-8-29(27-41)9-11-30)14-19-37(2)33(28)15-20-39(4)36(37)13-12-34-35-7-6-18-40(35,22-21-38(34,39)3)42-23-26-43-24-16-31(17-25-43)46(5,44)45/h10,14,28-29,31,33-36,42H,6-9,11-13,15-27H2,1-5H3/t28?,29?,33?,34?,35-,36?,37?,38-,39?,40?/m1/s1. The summed E-state index contributed by atoms with van der Waals surface area (Å²) >= 11 is 0. The summed E-state index contributed by atoms with van der Waals surface area (Å²) in [5.41, 5.74) is 4.70. The van der Waals surface area contributed by atoms with Gasteiger partial charge in [-0.3, -0.25) is 4.39 Å². The van der Waals surface area contributed by atoms with Crippen LogP contribution in [0.15, 0.2) is 23.3 Å². The fraction of sp³-hybridized carbons (Fsp3) is 0.900. The quantitative estimate of drug-likeness (QED) is 0.299. The molecule has 10 atom stereocenters. The fourth-order valence-corrected chi connectivity index (χ4v) is 14.9. The van der Waals surface area contributed by atoms with Crippen molar-refractivity contribution in [2.24, 2.45) is 51.8 Å². The molecule has 7 rings (SSSR count). The van der Waals surface area contributed by atoms with Crippen LogP contribution in [-0.4, -0.2) is 63.2 Å². The Morgan fingerprint density at radius 2 is 1.67 bits per heavy atom. The Hall–Kier alpha value is -0.720. The van der Waals surface area contributed by atoms with Gasteiger partial charge in [-0.1, -0.05) is 46.3 Å². The fourth-order valence-electron chi connectivity index (χ4n) is 13.9.